The molecule has 4 nitrogen and oxygen atoms in total. The van der Waals surface area contributed by atoms with E-state index in [1.54, 1.807) is 14.2 Å². The van der Waals surface area contributed by atoms with E-state index in [1.165, 1.54) is 19.3 Å². The maximum atomic E-state index is 13.1. The first-order valence-corrected chi connectivity index (χ1v) is 9.55. The summed E-state index contributed by atoms with van der Waals surface area (Å²) in [5.74, 6) is 3.43. The van der Waals surface area contributed by atoms with Crippen LogP contribution in [0.3, 0.4) is 0 Å². The predicted octanol–water partition coefficient (Wildman–Crippen LogP) is 4.16. The van der Waals surface area contributed by atoms with Gasteiger partial charge in [0.2, 0.25) is 0 Å². The lowest BCUT2D eigenvalue weighted by Crippen LogP contribution is -2.59. The number of methoxy groups -OCH3 is 2. The second-order valence-corrected chi connectivity index (χ2v) is 8.76. The molecule has 0 saturated heterocycles. The average molecular weight is 394 g/mol. The number of halogens is 1. The van der Waals surface area contributed by atoms with Crippen molar-refractivity contribution >= 4 is 21.8 Å². The fourth-order valence-electron chi connectivity index (χ4n) is 5.67. The molecule has 0 aromatic heterocycles. The van der Waals surface area contributed by atoms with Gasteiger partial charge < -0.3 is 14.8 Å². The summed E-state index contributed by atoms with van der Waals surface area (Å²) in [7, 11) is 3.16. The van der Waals surface area contributed by atoms with Gasteiger partial charge in [-0.25, -0.2) is 0 Å². The van der Waals surface area contributed by atoms with Crippen LogP contribution in [0.15, 0.2) is 16.6 Å². The quantitative estimate of drug-likeness (QED) is 0.834. The van der Waals surface area contributed by atoms with Crippen molar-refractivity contribution in [2.45, 2.75) is 44.1 Å². The third-order valence-corrected chi connectivity index (χ3v) is 6.56. The first kappa shape index (κ1) is 16.2. The van der Waals surface area contributed by atoms with Crippen molar-refractivity contribution in [2.75, 3.05) is 14.2 Å². The van der Waals surface area contributed by atoms with Crippen LogP contribution in [-0.4, -0.2) is 25.7 Å². The molecule has 4 aliphatic rings. The van der Waals surface area contributed by atoms with E-state index in [9.17, 15) is 4.79 Å². The normalized spacial score (nSPS) is 33.4. The van der Waals surface area contributed by atoms with Crippen LogP contribution in [0.25, 0.3) is 0 Å². The summed E-state index contributed by atoms with van der Waals surface area (Å²) in [5.41, 5.74) is 0.534. The first-order valence-electron chi connectivity index (χ1n) is 8.76. The van der Waals surface area contributed by atoms with Gasteiger partial charge in [-0.1, -0.05) is 15.9 Å². The molecule has 1 aromatic carbocycles. The Morgan fingerprint density at radius 2 is 1.67 bits per heavy atom. The zero-order valence-electron chi connectivity index (χ0n) is 14.2. The zero-order chi connectivity index (χ0) is 16.9. The van der Waals surface area contributed by atoms with Gasteiger partial charge in [0.25, 0.3) is 5.91 Å². The molecule has 5 heteroatoms. The van der Waals surface area contributed by atoms with Crippen LogP contribution in [0.2, 0.25) is 0 Å². The number of hydrogen-bond donors (Lipinski definition) is 1. The largest absolute Gasteiger partial charge is 0.493 e. The van der Waals surface area contributed by atoms with Crippen LogP contribution in [0.4, 0.5) is 0 Å². The Morgan fingerprint density at radius 1 is 1.08 bits per heavy atom. The monoisotopic (exact) mass is 393 g/mol. The highest BCUT2D eigenvalue weighted by Gasteiger charge is 2.51. The van der Waals surface area contributed by atoms with E-state index in [2.05, 4.69) is 21.2 Å². The van der Waals surface area contributed by atoms with Gasteiger partial charge in [-0.15, -0.1) is 0 Å². The summed E-state index contributed by atoms with van der Waals surface area (Å²) >= 11 is 3.46. The van der Waals surface area contributed by atoms with Crippen LogP contribution < -0.4 is 14.8 Å². The maximum absolute atomic E-state index is 13.1. The molecule has 130 valence electrons. The molecule has 0 unspecified atom stereocenters. The Balaban J connectivity index is 1.62. The second-order valence-electron chi connectivity index (χ2n) is 7.84. The van der Waals surface area contributed by atoms with Crippen molar-refractivity contribution in [3.63, 3.8) is 0 Å². The van der Waals surface area contributed by atoms with E-state index in [0.717, 1.165) is 41.5 Å². The predicted molar refractivity (Wildman–Crippen MR) is 95.6 cm³/mol. The van der Waals surface area contributed by atoms with Gasteiger partial charge in [0.1, 0.15) is 0 Å². The van der Waals surface area contributed by atoms with Gasteiger partial charge in [-0.3, -0.25) is 4.79 Å². The van der Waals surface area contributed by atoms with Crippen molar-refractivity contribution in [3.05, 3.63) is 22.2 Å². The number of rotatable bonds is 4. The summed E-state index contributed by atoms with van der Waals surface area (Å²) in [6, 6.07) is 3.64. The Kier molecular flexibility index (Phi) is 4.02. The minimum Gasteiger partial charge on any atom is -0.493 e. The molecule has 0 radical (unpaired) electrons. The molecule has 0 aliphatic heterocycles. The van der Waals surface area contributed by atoms with Crippen LogP contribution in [0.1, 0.15) is 48.9 Å². The lowest BCUT2D eigenvalue weighted by molar-refractivity contribution is -0.0167. The van der Waals surface area contributed by atoms with Gasteiger partial charge in [0.05, 0.1) is 19.8 Å². The molecule has 0 spiro atoms. The Bertz CT molecular complexity index is 638. The topological polar surface area (TPSA) is 47.6 Å². The minimum atomic E-state index is -0.0478. The number of carbonyl (C=O) groups excluding carboxylic acids is 1. The van der Waals surface area contributed by atoms with Gasteiger partial charge >= 0.3 is 0 Å². The van der Waals surface area contributed by atoms with Crippen molar-refractivity contribution in [2.24, 2.45) is 17.8 Å². The van der Waals surface area contributed by atoms with Crippen molar-refractivity contribution in [1.29, 1.82) is 0 Å². The Hall–Kier alpha value is -1.23. The second kappa shape index (κ2) is 5.94. The Morgan fingerprint density at radius 3 is 2.17 bits per heavy atom. The van der Waals surface area contributed by atoms with Crippen LogP contribution in [-0.2, 0) is 0 Å². The number of nitrogens with one attached hydrogen (secondary N) is 1. The van der Waals surface area contributed by atoms with Gasteiger partial charge in [-0.2, -0.15) is 0 Å². The smallest absolute Gasteiger partial charge is 0.255 e. The lowest BCUT2D eigenvalue weighted by Gasteiger charge is -2.56. The third kappa shape index (κ3) is 2.71. The number of hydrogen-bond acceptors (Lipinski definition) is 3. The van der Waals surface area contributed by atoms with Gasteiger partial charge in [-0.05, 0) is 68.4 Å². The van der Waals surface area contributed by atoms with Crippen LogP contribution >= 0.6 is 15.9 Å². The molecule has 4 fully saturated rings. The van der Waals surface area contributed by atoms with Crippen LogP contribution in [0.5, 0.6) is 11.5 Å². The highest BCUT2D eigenvalue weighted by Crippen LogP contribution is 2.55. The van der Waals surface area contributed by atoms with Crippen molar-refractivity contribution in [3.8, 4) is 11.5 Å². The fourth-order valence-corrected chi connectivity index (χ4v) is 6.11. The molecule has 4 aliphatic carbocycles. The molecule has 5 rings (SSSR count). The van der Waals surface area contributed by atoms with E-state index in [-0.39, 0.29) is 11.4 Å². The molecular formula is C19H24BrNO3. The SMILES string of the molecule is COc1cc(Br)cc(C(=O)NC23CC4CC(CC(C4)C2)C3)c1OC. The summed E-state index contributed by atoms with van der Waals surface area (Å²) in [6.07, 6.45) is 7.50. The standard InChI is InChI=1S/C19H24BrNO3/c1-23-16-7-14(20)6-15(17(16)24-2)18(22)21-19-8-11-3-12(9-19)5-13(4-11)10-19/h6-7,11-13H,3-5,8-10H2,1-2H3,(H,21,22). The van der Waals surface area contributed by atoms with E-state index < -0.39 is 0 Å². The average Bonchev–Trinajstić information content (AvgIpc) is 2.52. The Labute approximate surface area is 151 Å². The molecule has 4 bridgehead atoms. The number of ether oxygens (including phenoxy) is 2. The van der Waals surface area contributed by atoms with E-state index >= 15 is 0 Å². The highest BCUT2D eigenvalue weighted by molar-refractivity contribution is 9.10. The van der Waals surface area contributed by atoms with E-state index in [0.29, 0.717) is 17.1 Å². The van der Waals surface area contributed by atoms with Gasteiger partial charge in [0, 0.05) is 10.0 Å². The summed E-state index contributed by atoms with van der Waals surface area (Å²) in [4.78, 5) is 13.1. The molecular weight excluding hydrogens is 370 g/mol. The van der Waals surface area contributed by atoms with Crippen molar-refractivity contribution in [1.82, 2.24) is 5.32 Å². The molecule has 1 aromatic rings. The number of carbonyl (C=O) groups is 1. The molecule has 0 atom stereocenters. The lowest BCUT2D eigenvalue weighted by atomic mass is 9.53. The van der Waals surface area contributed by atoms with Crippen molar-refractivity contribution < 1.29 is 14.3 Å². The highest BCUT2D eigenvalue weighted by atomic mass is 79.9. The fraction of sp³-hybridized carbons (Fsp3) is 0.632. The number of amides is 1. The third-order valence-electron chi connectivity index (χ3n) is 6.11. The van der Waals surface area contributed by atoms with E-state index in [4.69, 9.17) is 9.47 Å². The zero-order valence-corrected chi connectivity index (χ0v) is 15.8. The molecule has 0 heterocycles. The minimum absolute atomic E-state index is 0.00754. The summed E-state index contributed by atoms with van der Waals surface area (Å²) < 4.78 is 11.6. The summed E-state index contributed by atoms with van der Waals surface area (Å²) in [5, 5.41) is 3.40. The van der Waals surface area contributed by atoms with Crippen LogP contribution in [0, 0.1) is 17.8 Å². The number of benzene rings is 1. The van der Waals surface area contributed by atoms with Gasteiger partial charge in [0.15, 0.2) is 11.5 Å². The maximum Gasteiger partial charge on any atom is 0.255 e. The molecule has 1 N–H and O–H groups in total. The molecule has 4 saturated carbocycles. The van der Waals surface area contributed by atoms with E-state index in [1.807, 2.05) is 12.1 Å². The molecule has 1 amide bonds. The summed E-state index contributed by atoms with van der Waals surface area (Å²) in [6.45, 7) is 0. The molecule has 24 heavy (non-hydrogen) atoms. The first-order chi connectivity index (χ1) is 11.5.